The largest absolute Gasteiger partial charge is 0.462 e. The molecule has 7 nitrogen and oxygen atoms in total. The van der Waals surface area contributed by atoms with E-state index in [1.807, 2.05) is 30.3 Å². The van der Waals surface area contributed by atoms with Gasteiger partial charge in [-0.05, 0) is 86.2 Å². The second kappa shape index (κ2) is 11.2. The van der Waals surface area contributed by atoms with Crippen LogP contribution in [0, 0.1) is 0 Å². The number of amides is 1. The number of hydrogen-bond donors (Lipinski definition) is 1. The predicted molar refractivity (Wildman–Crippen MR) is 141 cm³/mol. The van der Waals surface area contributed by atoms with E-state index in [9.17, 15) is 14.4 Å². The minimum atomic E-state index is -0.409. The van der Waals surface area contributed by atoms with Gasteiger partial charge in [-0.25, -0.2) is 9.59 Å². The van der Waals surface area contributed by atoms with Gasteiger partial charge in [0.2, 0.25) is 0 Å². The number of nitrogens with one attached hydrogen (secondary N) is 1. The highest BCUT2D eigenvalue weighted by molar-refractivity contribution is 9.10. The second-order valence-electron chi connectivity index (χ2n) is 7.94. The zero-order chi connectivity index (χ0) is 25.7. The first kappa shape index (κ1) is 25.2. The molecular formula is C28H25BrN2O5. The van der Waals surface area contributed by atoms with Crippen molar-refractivity contribution in [3.8, 4) is 0 Å². The first-order valence-corrected chi connectivity index (χ1v) is 12.3. The molecule has 0 bridgehead atoms. The summed E-state index contributed by atoms with van der Waals surface area (Å²) in [7, 11) is 0. The van der Waals surface area contributed by atoms with Gasteiger partial charge in [0.1, 0.15) is 5.70 Å². The maximum atomic E-state index is 13.6. The number of benzene rings is 3. The molecule has 0 fully saturated rings. The number of nitrogens with zero attached hydrogens (tertiary/aromatic N) is 1. The predicted octanol–water partition coefficient (Wildman–Crippen LogP) is 5.89. The first-order valence-electron chi connectivity index (χ1n) is 11.5. The van der Waals surface area contributed by atoms with Gasteiger partial charge in [0.15, 0.2) is 0 Å². The topological polar surface area (TPSA) is 84.9 Å². The Labute approximate surface area is 217 Å². The van der Waals surface area contributed by atoms with E-state index in [4.69, 9.17) is 9.47 Å². The van der Waals surface area contributed by atoms with Crippen LogP contribution in [-0.2, 0) is 14.3 Å². The van der Waals surface area contributed by atoms with E-state index in [-0.39, 0.29) is 18.6 Å². The van der Waals surface area contributed by atoms with E-state index in [2.05, 4.69) is 21.2 Å². The average molecular weight is 549 g/mol. The summed E-state index contributed by atoms with van der Waals surface area (Å²) in [5.41, 5.74) is 3.49. The van der Waals surface area contributed by atoms with Crippen LogP contribution >= 0.6 is 15.9 Å². The van der Waals surface area contributed by atoms with E-state index in [1.54, 1.807) is 67.3 Å². The molecule has 0 aliphatic carbocycles. The van der Waals surface area contributed by atoms with Crippen LogP contribution in [0.1, 0.15) is 46.2 Å². The molecule has 8 heteroatoms. The number of halogens is 1. The van der Waals surface area contributed by atoms with E-state index in [0.717, 1.165) is 10.0 Å². The van der Waals surface area contributed by atoms with Crippen molar-refractivity contribution in [1.82, 2.24) is 0 Å². The van der Waals surface area contributed by atoms with Crippen molar-refractivity contribution < 1.29 is 23.9 Å². The lowest BCUT2D eigenvalue weighted by atomic mass is 10.1. The van der Waals surface area contributed by atoms with Crippen LogP contribution in [0.5, 0.6) is 0 Å². The Morgan fingerprint density at radius 3 is 1.89 bits per heavy atom. The molecule has 0 spiro atoms. The van der Waals surface area contributed by atoms with Crippen molar-refractivity contribution in [2.75, 3.05) is 23.4 Å². The van der Waals surface area contributed by atoms with Crippen LogP contribution in [0.2, 0.25) is 0 Å². The van der Waals surface area contributed by atoms with Crippen LogP contribution < -0.4 is 10.2 Å². The molecule has 1 heterocycles. The van der Waals surface area contributed by atoms with Gasteiger partial charge in [-0.2, -0.15) is 0 Å². The van der Waals surface area contributed by atoms with Gasteiger partial charge in [-0.15, -0.1) is 0 Å². The molecule has 0 saturated heterocycles. The molecule has 184 valence electrons. The van der Waals surface area contributed by atoms with Gasteiger partial charge >= 0.3 is 11.9 Å². The molecule has 3 aromatic rings. The van der Waals surface area contributed by atoms with Crippen molar-refractivity contribution in [2.45, 2.75) is 19.9 Å². The fourth-order valence-electron chi connectivity index (χ4n) is 3.87. The Hall–Kier alpha value is -3.91. The zero-order valence-electron chi connectivity index (χ0n) is 19.9. The summed E-state index contributed by atoms with van der Waals surface area (Å²) in [5.74, 6) is -1.03. The van der Waals surface area contributed by atoms with E-state index < -0.39 is 11.9 Å². The van der Waals surface area contributed by atoms with Crippen LogP contribution in [-0.4, -0.2) is 31.1 Å². The summed E-state index contributed by atoms with van der Waals surface area (Å²) in [6, 6.07) is 20.9. The number of rotatable bonds is 8. The van der Waals surface area contributed by atoms with Gasteiger partial charge in [0.05, 0.1) is 30.4 Å². The number of ether oxygens (including phenoxy) is 2. The van der Waals surface area contributed by atoms with E-state index in [0.29, 0.717) is 34.8 Å². The SMILES string of the molecule is CCOC(=O)c1ccc(NC2=C[C@@H](c3ccc(Br)cc3)N(c3ccc(C(=O)OCC)cc3)C2=O)cc1. The number of carbonyl (C=O) groups is 3. The van der Waals surface area contributed by atoms with Crippen LogP contribution in [0.15, 0.2) is 89.0 Å². The molecular weight excluding hydrogens is 524 g/mol. The Kier molecular flexibility index (Phi) is 7.85. The summed E-state index contributed by atoms with van der Waals surface area (Å²) in [6.45, 7) is 4.09. The molecule has 1 aliphatic rings. The highest BCUT2D eigenvalue weighted by Gasteiger charge is 2.35. The third-order valence-corrected chi connectivity index (χ3v) is 6.12. The monoisotopic (exact) mass is 548 g/mol. The van der Waals surface area contributed by atoms with Crippen molar-refractivity contribution in [3.63, 3.8) is 0 Å². The highest BCUT2D eigenvalue weighted by Crippen LogP contribution is 2.36. The van der Waals surface area contributed by atoms with E-state index >= 15 is 0 Å². The molecule has 1 atom stereocenters. The minimum absolute atomic E-state index is 0.221. The summed E-state index contributed by atoms with van der Waals surface area (Å²) >= 11 is 3.46. The molecule has 1 N–H and O–H groups in total. The quantitative estimate of drug-likeness (QED) is 0.353. The number of hydrogen-bond acceptors (Lipinski definition) is 6. The zero-order valence-corrected chi connectivity index (χ0v) is 21.4. The molecule has 1 amide bonds. The van der Waals surface area contributed by atoms with Crippen molar-refractivity contribution in [3.05, 3.63) is 106 Å². The molecule has 0 radical (unpaired) electrons. The molecule has 0 unspecified atom stereocenters. The van der Waals surface area contributed by atoms with Gasteiger partial charge in [0.25, 0.3) is 5.91 Å². The van der Waals surface area contributed by atoms with Crippen LogP contribution in [0.3, 0.4) is 0 Å². The van der Waals surface area contributed by atoms with Crippen molar-refractivity contribution in [1.29, 1.82) is 0 Å². The van der Waals surface area contributed by atoms with Gasteiger partial charge < -0.3 is 14.8 Å². The molecule has 36 heavy (non-hydrogen) atoms. The van der Waals surface area contributed by atoms with Gasteiger partial charge in [-0.3, -0.25) is 9.69 Å². The fourth-order valence-corrected chi connectivity index (χ4v) is 4.13. The summed E-state index contributed by atoms with van der Waals surface area (Å²) in [6.07, 6.45) is 1.87. The minimum Gasteiger partial charge on any atom is -0.462 e. The summed E-state index contributed by atoms with van der Waals surface area (Å²) in [5, 5.41) is 3.18. The molecule has 0 saturated carbocycles. The highest BCUT2D eigenvalue weighted by atomic mass is 79.9. The first-order chi connectivity index (χ1) is 17.4. The second-order valence-corrected chi connectivity index (χ2v) is 8.86. The molecule has 1 aliphatic heterocycles. The normalized spacial score (nSPS) is 14.9. The Balaban J connectivity index is 1.62. The third kappa shape index (κ3) is 5.49. The number of carbonyl (C=O) groups excluding carboxylic acids is 3. The van der Waals surface area contributed by atoms with E-state index in [1.165, 1.54) is 0 Å². The smallest absolute Gasteiger partial charge is 0.338 e. The maximum Gasteiger partial charge on any atom is 0.338 e. The van der Waals surface area contributed by atoms with Crippen LogP contribution in [0.4, 0.5) is 11.4 Å². The lowest BCUT2D eigenvalue weighted by Gasteiger charge is -2.25. The lowest BCUT2D eigenvalue weighted by molar-refractivity contribution is -0.114. The van der Waals surface area contributed by atoms with Gasteiger partial charge in [-0.1, -0.05) is 28.1 Å². The molecule has 0 aromatic heterocycles. The number of esters is 2. The molecule has 3 aromatic carbocycles. The summed E-state index contributed by atoms with van der Waals surface area (Å²) in [4.78, 5) is 39.2. The maximum absolute atomic E-state index is 13.6. The lowest BCUT2D eigenvalue weighted by Crippen LogP contribution is -2.30. The van der Waals surface area contributed by atoms with Gasteiger partial charge in [0, 0.05) is 15.8 Å². The Bertz CT molecular complexity index is 1290. The average Bonchev–Trinajstić information content (AvgIpc) is 3.21. The third-order valence-electron chi connectivity index (χ3n) is 5.60. The summed E-state index contributed by atoms with van der Waals surface area (Å²) < 4.78 is 11.0. The Morgan fingerprint density at radius 2 is 1.36 bits per heavy atom. The number of anilines is 2. The van der Waals surface area contributed by atoms with Crippen LogP contribution in [0.25, 0.3) is 0 Å². The fraction of sp³-hybridized carbons (Fsp3) is 0.179. The van der Waals surface area contributed by atoms with Crippen molar-refractivity contribution in [2.24, 2.45) is 0 Å². The standard InChI is InChI=1S/C28H25BrN2O5/c1-3-35-27(33)19-7-13-22(14-8-19)30-24-17-25(18-5-11-21(29)12-6-18)31(26(24)32)23-15-9-20(10-16-23)28(34)36-4-2/h5-17,25,30H,3-4H2,1-2H3/t25-/m0/s1. The Morgan fingerprint density at radius 1 is 0.833 bits per heavy atom. The van der Waals surface area contributed by atoms with Crippen molar-refractivity contribution >= 4 is 45.2 Å². The molecule has 4 rings (SSSR count).